The Bertz CT molecular complexity index is 1320. The van der Waals surface area contributed by atoms with Crippen LogP contribution in [-0.4, -0.2) is 6.16 Å². The Labute approximate surface area is 161 Å². The van der Waals surface area contributed by atoms with Gasteiger partial charge in [-0.15, -0.1) is 0 Å². The van der Waals surface area contributed by atoms with Gasteiger partial charge in [-0.1, -0.05) is 54.6 Å². The summed E-state index contributed by atoms with van der Waals surface area (Å²) >= 11 is 0. The molecule has 0 bridgehead atoms. The van der Waals surface area contributed by atoms with Crippen LogP contribution in [0.25, 0.3) is 32.3 Å². The minimum Gasteiger partial charge on any atom is -0.395 e. The van der Waals surface area contributed by atoms with Crippen LogP contribution < -0.4 is 9.47 Å². The molecule has 0 saturated heterocycles. The van der Waals surface area contributed by atoms with Crippen LogP contribution in [0.1, 0.15) is 0 Å². The lowest BCUT2D eigenvalue weighted by molar-refractivity contribution is 0.152. The Hall–Kier alpha value is -3.85. The second kappa shape index (κ2) is 6.71. The van der Waals surface area contributed by atoms with E-state index < -0.39 is 6.16 Å². The summed E-state index contributed by atoms with van der Waals surface area (Å²) in [5, 5.41) is 6.50. The lowest BCUT2D eigenvalue weighted by Gasteiger charge is -2.10. The molecule has 0 spiro atoms. The molecule has 0 fully saturated rings. The third-order valence-corrected chi connectivity index (χ3v) is 4.80. The summed E-state index contributed by atoms with van der Waals surface area (Å²) in [4.78, 5) is 12.2. The molecule has 5 rings (SSSR count). The number of ether oxygens (including phenoxy) is 2. The lowest BCUT2D eigenvalue weighted by Crippen LogP contribution is -2.13. The van der Waals surface area contributed by atoms with E-state index in [0.29, 0.717) is 11.5 Å². The first kappa shape index (κ1) is 16.3. The van der Waals surface area contributed by atoms with Crippen LogP contribution in [0.4, 0.5) is 4.79 Å². The highest BCUT2D eigenvalue weighted by Crippen LogP contribution is 2.32. The monoisotopic (exact) mass is 364 g/mol. The van der Waals surface area contributed by atoms with Gasteiger partial charge in [0.15, 0.2) is 0 Å². The van der Waals surface area contributed by atoms with Crippen LogP contribution >= 0.6 is 0 Å². The molecule has 134 valence electrons. The summed E-state index contributed by atoms with van der Waals surface area (Å²) in [5.74, 6) is 0.929. The first-order valence-corrected chi connectivity index (χ1v) is 9.06. The highest BCUT2D eigenvalue weighted by Gasteiger charge is 2.11. The highest BCUT2D eigenvalue weighted by atomic mass is 16.7. The van der Waals surface area contributed by atoms with E-state index in [4.69, 9.17) is 9.47 Å². The Morgan fingerprint density at radius 1 is 0.536 bits per heavy atom. The Morgan fingerprint density at radius 2 is 1.14 bits per heavy atom. The lowest BCUT2D eigenvalue weighted by atomic mass is 9.99. The fourth-order valence-corrected chi connectivity index (χ4v) is 3.47. The Kier molecular flexibility index (Phi) is 3.91. The number of fused-ring (bicyclic) bond motifs is 3. The molecular weight excluding hydrogens is 348 g/mol. The standard InChI is InChI=1S/C25H16O3/c26-25(27-22-10-2-1-3-11-22)28-24-12-6-9-19-15-20-13-17-7-4-5-8-18(17)14-21(20)16-23(19)24/h1-16H. The van der Waals surface area contributed by atoms with Crippen molar-refractivity contribution < 1.29 is 14.3 Å². The van der Waals surface area contributed by atoms with Gasteiger partial charge in [-0.2, -0.15) is 0 Å². The van der Waals surface area contributed by atoms with Gasteiger partial charge in [-0.3, -0.25) is 0 Å². The van der Waals surface area contributed by atoms with Gasteiger partial charge in [-0.25, -0.2) is 4.79 Å². The van der Waals surface area contributed by atoms with Crippen molar-refractivity contribution in [3.8, 4) is 11.5 Å². The van der Waals surface area contributed by atoms with Crippen LogP contribution in [0.15, 0.2) is 97.1 Å². The third-order valence-electron chi connectivity index (χ3n) is 4.80. The second-order valence-electron chi connectivity index (χ2n) is 6.64. The molecule has 0 radical (unpaired) electrons. The van der Waals surface area contributed by atoms with Gasteiger partial charge >= 0.3 is 6.16 Å². The van der Waals surface area contributed by atoms with E-state index in [1.807, 2.05) is 30.3 Å². The minimum atomic E-state index is -0.752. The van der Waals surface area contributed by atoms with Crippen LogP contribution in [0, 0.1) is 0 Å². The van der Waals surface area contributed by atoms with Gasteiger partial charge in [0.1, 0.15) is 11.5 Å². The number of hydrogen-bond donors (Lipinski definition) is 0. The van der Waals surface area contributed by atoms with E-state index in [1.54, 1.807) is 30.3 Å². The van der Waals surface area contributed by atoms with E-state index in [9.17, 15) is 4.79 Å². The van der Waals surface area contributed by atoms with Gasteiger partial charge in [0.2, 0.25) is 0 Å². The maximum atomic E-state index is 12.2. The van der Waals surface area contributed by atoms with Crippen molar-refractivity contribution in [1.29, 1.82) is 0 Å². The summed E-state index contributed by atoms with van der Waals surface area (Å²) in [6.07, 6.45) is -0.752. The number of rotatable bonds is 2. The largest absolute Gasteiger partial charge is 0.519 e. The van der Waals surface area contributed by atoms with Gasteiger partial charge in [0, 0.05) is 5.39 Å². The Balaban J connectivity index is 1.56. The predicted molar refractivity (Wildman–Crippen MR) is 112 cm³/mol. The van der Waals surface area contributed by atoms with Gasteiger partial charge in [0.25, 0.3) is 0 Å². The summed E-state index contributed by atoms with van der Waals surface area (Å²) in [5.41, 5.74) is 0. The molecule has 28 heavy (non-hydrogen) atoms. The molecule has 5 aromatic carbocycles. The molecular formula is C25H16O3. The third kappa shape index (κ3) is 3.03. The van der Waals surface area contributed by atoms with Crippen molar-refractivity contribution in [2.24, 2.45) is 0 Å². The second-order valence-corrected chi connectivity index (χ2v) is 6.64. The van der Waals surface area contributed by atoms with Gasteiger partial charge < -0.3 is 9.47 Å². The average molecular weight is 364 g/mol. The molecule has 3 nitrogen and oxygen atoms in total. The molecule has 0 saturated carbocycles. The number of carbonyl (C=O) groups is 1. The highest BCUT2D eigenvalue weighted by molar-refractivity contribution is 6.06. The number of benzene rings is 5. The first-order chi connectivity index (χ1) is 13.8. The zero-order valence-corrected chi connectivity index (χ0v) is 15.0. The molecule has 0 unspecified atom stereocenters. The molecule has 5 aromatic rings. The summed E-state index contributed by atoms with van der Waals surface area (Å²) in [7, 11) is 0. The fraction of sp³-hybridized carbons (Fsp3) is 0. The van der Waals surface area contributed by atoms with Gasteiger partial charge in [0.05, 0.1) is 0 Å². The van der Waals surface area contributed by atoms with Crippen molar-refractivity contribution in [2.75, 3.05) is 0 Å². The van der Waals surface area contributed by atoms with Crippen molar-refractivity contribution in [2.45, 2.75) is 0 Å². The van der Waals surface area contributed by atoms with E-state index in [-0.39, 0.29) is 0 Å². The number of para-hydroxylation sites is 1. The fourth-order valence-electron chi connectivity index (χ4n) is 3.47. The molecule has 0 atom stereocenters. The van der Waals surface area contributed by atoms with Gasteiger partial charge in [-0.05, 0) is 69.4 Å². The van der Waals surface area contributed by atoms with E-state index in [1.165, 1.54) is 10.8 Å². The SMILES string of the molecule is O=C(Oc1ccccc1)Oc1cccc2cc3cc4ccccc4cc3cc12. The van der Waals surface area contributed by atoms with E-state index >= 15 is 0 Å². The van der Waals surface area contributed by atoms with Crippen molar-refractivity contribution in [3.05, 3.63) is 97.1 Å². The summed E-state index contributed by atoms with van der Waals surface area (Å²) < 4.78 is 10.8. The average Bonchev–Trinajstić information content (AvgIpc) is 2.72. The molecule has 0 aliphatic rings. The Morgan fingerprint density at radius 3 is 1.89 bits per heavy atom. The quantitative estimate of drug-likeness (QED) is 0.198. The molecule has 3 heteroatoms. The van der Waals surface area contributed by atoms with Crippen LogP contribution in [0.2, 0.25) is 0 Å². The zero-order chi connectivity index (χ0) is 18.9. The van der Waals surface area contributed by atoms with E-state index in [2.05, 4.69) is 36.4 Å². The molecule has 0 N–H and O–H groups in total. The van der Waals surface area contributed by atoms with Crippen molar-refractivity contribution >= 4 is 38.5 Å². The van der Waals surface area contributed by atoms with Crippen molar-refractivity contribution in [1.82, 2.24) is 0 Å². The molecule has 0 heterocycles. The maximum absolute atomic E-state index is 12.2. The number of carbonyl (C=O) groups excluding carboxylic acids is 1. The summed E-state index contributed by atoms with van der Waals surface area (Å²) in [6, 6.07) is 31.3. The predicted octanol–water partition coefficient (Wildman–Crippen LogP) is 6.72. The van der Waals surface area contributed by atoms with Crippen LogP contribution in [0.3, 0.4) is 0 Å². The van der Waals surface area contributed by atoms with Crippen LogP contribution in [-0.2, 0) is 0 Å². The van der Waals surface area contributed by atoms with Crippen molar-refractivity contribution in [3.63, 3.8) is 0 Å². The first-order valence-electron chi connectivity index (χ1n) is 9.06. The molecule has 0 aromatic heterocycles. The maximum Gasteiger partial charge on any atom is 0.519 e. The smallest absolute Gasteiger partial charge is 0.395 e. The normalized spacial score (nSPS) is 11.0. The summed E-state index contributed by atoms with van der Waals surface area (Å²) in [6.45, 7) is 0. The topological polar surface area (TPSA) is 35.5 Å². The minimum absolute atomic E-state index is 0.449. The number of hydrogen-bond acceptors (Lipinski definition) is 3. The molecule has 0 aliphatic carbocycles. The zero-order valence-electron chi connectivity index (χ0n) is 15.0. The van der Waals surface area contributed by atoms with Crippen LogP contribution in [0.5, 0.6) is 11.5 Å². The molecule has 0 amide bonds. The molecule has 0 aliphatic heterocycles. The van der Waals surface area contributed by atoms with E-state index in [0.717, 1.165) is 21.5 Å².